The first-order valence-electron chi connectivity index (χ1n) is 4.83. The van der Waals surface area contributed by atoms with Gasteiger partial charge in [-0.3, -0.25) is 0 Å². The van der Waals surface area contributed by atoms with E-state index in [9.17, 15) is 0 Å². The largest absolute Gasteiger partial charge is 0.308 e. The first-order valence-corrected chi connectivity index (χ1v) is 5.24. The van der Waals surface area contributed by atoms with Crippen LogP contribution >= 0.6 is 12.2 Å². The van der Waals surface area contributed by atoms with E-state index in [2.05, 4.69) is 22.3 Å². The molecule has 1 aliphatic heterocycles. The fourth-order valence-corrected chi connectivity index (χ4v) is 1.56. The molecule has 0 spiro atoms. The number of hydrogen-bond donors (Lipinski definition) is 1. The highest BCUT2D eigenvalue weighted by Gasteiger charge is 2.18. The fraction of sp³-hybridized carbons (Fsp3) is 0.667. The van der Waals surface area contributed by atoms with Gasteiger partial charge in [-0.15, -0.1) is 0 Å². The molecule has 76 valence electrons. The van der Waals surface area contributed by atoms with Crippen molar-refractivity contribution < 1.29 is 0 Å². The second-order valence-corrected chi connectivity index (χ2v) is 4.26. The topological polar surface area (TPSA) is 42.7 Å². The summed E-state index contributed by atoms with van der Waals surface area (Å²) in [5.74, 6) is 2.06. The summed E-state index contributed by atoms with van der Waals surface area (Å²) in [6.45, 7) is 6.69. The van der Waals surface area contributed by atoms with Crippen molar-refractivity contribution in [2.75, 3.05) is 6.54 Å². The smallest absolute Gasteiger partial charge is 0.158 e. The third-order valence-corrected chi connectivity index (χ3v) is 2.90. The molecule has 0 aromatic carbocycles. The van der Waals surface area contributed by atoms with Gasteiger partial charge in [-0.25, -0.2) is 9.67 Å². The molecule has 1 aromatic heterocycles. The first-order chi connectivity index (χ1) is 6.68. The van der Waals surface area contributed by atoms with Crippen LogP contribution in [0.25, 0.3) is 0 Å². The molecule has 0 fully saturated rings. The molecule has 0 amide bonds. The SMILES string of the molecule is CC(=S)C(C)c1nc2n(n1)CCNC2. The number of hydrogen-bond acceptors (Lipinski definition) is 4. The molecule has 0 saturated heterocycles. The summed E-state index contributed by atoms with van der Waals surface area (Å²) in [6.07, 6.45) is 0. The summed E-state index contributed by atoms with van der Waals surface area (Å²) < 4.78 is 1.97. The first kappa shape index (κ1) is 9.73. The third kappa shape index (κ3) is 1.69. The van der Waals surface area contributed by atoms with Crippen LogP contribution in [0.2, 0.25) is 0 Å². The summed E-state index contributed by atoms with van der Waals surface area (Å²) in [5, 5.41) is 7.72. The molecular formula is C9H14N4S. The molecule has 5 heteroatoms. The summed E-state index contributed by atoms with van der Waals surface area (Å²) in [5.41, 5.74) is 0. The Kier molecular flexibility index (Phi) is 2.60. The lowest BCUT2D eigenvalue weighted by Crippen LogP contribution is -2.28. The predicted octanol–water partition coefficient (Wildman–Crippen LogP) is 0.875. The van der Waals surface area contributed by atoms with Gasteiger partial charge < -0.3 is 5.32 Å². The van der Waals surface area contributed by atoms with Crippen LogP contribution in [0.1, 0.15) is 31.4 Å². The van der Waals surface area contributed by atoms with E-state index in [0.717, 1.165) is 36.1 Å². The molecule has 1 aromatic rings. The lowest BCUT2D eigenvalue weighted by Gasteiger charge is -2.11. The van der Waals surface area contributed by atoms with Gasteiger partial charge in [0.25, 0.3) is 0 Å². The normalized spacial score (nSPS) is 17.6. The van der Waals surface area contributed by atoms with Gasteiger partial charge in [-0.05, 0) is 6.92 Å². The maximum absolute atomic E-state index is 5.14. The van der Waals surface area contributed by atoms with Crippen molar-refractivity contribution >= 4 is 17.1 Å². The van der Waals surface area contributed by atoms with Crippen LogP contribution in [0.4, 0.5) is 0 Å². The van der Waals surface area contributed by atoms with Gasteiger partial charge in [-0.2, -0.15) is 5.10 Å². The quantitative estimate of drug-likeness (QED) is 0.736. The Bertz CT molecular complexity index is 334. The van der Waals surface area contributed by atoms with Crippen molar-refractivity contribution in [2.24, 2.45) is 0 Å². The fourth-order valence-electron chi connectivity index (χ4n) is 1.45. The van der Waals surface area contributed by atoms with Crippen LogP contribution in [-0.4, -0.2) is 26.2 Å². The number of nitrogens with zero attached hydrogens (tertiary/aromatic N) is 3. The molecule has 0 bridgehead atoms. The molecule has 4 nitrogen and oxygen atoms in total. The van der Waals surface area contributed by atoms with E-state index >= 15 is 0 Å². The summed E-state index contributed by atoms with van der Waals surface area (Å²) in [6, 6.07) is 0. The Balaban J connectivity index is 2.28. The molecule has 14 heavy (non-hydrogen) atoms. The van der Waals surface area contributed by atoms with Crippen LogP contribution in [-0.2, 0) is 13.1 Å². The second kappa shape index (κ2) is 3.74. The number of thiocarbonyl (C=S) groups is 1. The van der Waals surface area contributed by atoms with E-state index in [1.165, 1.54) is 0 Å². The minimum atomic E-state index is 0.183. The predicted molar refractivity (Wildman–Crippen MR) is 58.4 cm³/mol. The van der Waals surface area contributed by atoms with E-state index in [4.69, 9.17) is 12.2 Å². The molecule has 1 atom stereocenters. The van der Waals surface area contributed by atoms with Gasteiger partial charge in [-0.1, -0.05) is 19.1 Å². The minimum absolute atomic E-state index is 0.183. The number of rotatable bonds is 2. The molecular weight excluding hydrogens is 196 g/mol. The van der Waals surface area contributed by atoms with Crippen molar-refractivity contribution in [3.05, 3.63) is 11.6 Å². The van der Waals surface area contributed by atoms with Gasteiger partial charge >= 0.3 is 0 Å². The van der Waals surface area contributed by atoms with Gasteiger partial charge in [0.05, 0.1) is 13.1 Å². The highest BCUT2D eigenvalue weighted by atomic mass is 32.1. The molecule has 0 radical (unpaired) electrons. The maximum Gasteiger partial charge on any atom is 0.158 e. The second-order valence-electron chi connectivity index (χ2n) is 3.62. The monoisotopic (exact) mass is 210 g/mol. The zero-order valence-corrected chi connectivity index (χ0v) is 9.27. The molecule has 1 N–H and O–H groups in total. The molecule has 0 aliphatic carbocycles. The van der Waals surface area contributed by atoms with Crippen LogP contribution < -0.4 is 5.32 Å². The molecule has 1 unspecified atom stereocenters. The average molecular weight is 210 g/mol. The van der Waals surface area contributed by atoms with Crippen molar-refractivity contribution in [2.45, 2.75) is 32.9 Å². The number of aromatic nitrogens is 3. The van der Waals surface area contributed by atoms with Gasteiger partial charge in [0, 0.05) is 17.3 Å². The Morgan fingerprint density at radius 3 is 3.07 bits per heavy atom. The molecule has 2 heterocycles. The van der Waals surface area contributed by atoms with Crippen LogP contribution in [0, 0.1) is 0 Å². The van der Waals surface area contributed by atoms with Gasteiger partial charge in [0.2, 0.25) is 0 Å². The highest BCUT2D eigenvalue weighted by molar-refractivity contribution is 7.80. The van der Waals surface area contributed by atoms with E-state index in [0.29, 0.717) is 0 Å². The Morgan fingerprint density at radius 2 is 2.43 bits per heavy atom. The lowest BCUT2D eigenvalue weighted by molar-refractivity contribution is 0.467. The third-order valence-electron chi connectivity index (χ3n) is 2.55. The Morgan fingerprint density at radius 1 is 1.64 bits per heavy atom. The Labute approximate surface area is 88.7 Å². The van der Waals surface area contributed by atoms with Crippen molar-refractivity contribution in [3.63, 3.8) is 0 Å². The van der Waals surface area contributed by atoms with E-state index in [1.54, 1.807) is 0 Å². The highest BCUT2D eigenvalue weighted by Crippen LogP contribution is 2.14. The zero-order valence-electron chi connectivity index (χ0n) is 8.45. The van der Waals surface area contributed by atoms with E-state index in [1.807, 2.05) is 11.6 Å². The maximum atomic E-state index is 5.14. The minimum Gasteiger partial charge on any atom is -0.308 e. The molecule has 0 saturated carbocycles. The van der Waals surface area contributed by atoms with Crippen molar-refractivity contribution in [1.82, 2.24) is 20.1 Å². The summed E-state index contributed by atoms with van der Waals surface area (Å²) in [4.78, 5) is 5.42. The van der Waals surface area contributed by atoms with Gasteiger partial charge in [0.15, 0.2) is 5.82 Å². The summed E-state index contributed by atoms with van der Waals surface area (Å²) in [7, 11) is 0. The molecule has 1 aliphatic rings. The van der Waals surface area contributed by atoms with E-state index in [-0.39, 0.29) is 5.92 Å². The van der Waals surface area contributed by atoms with Crippen molar-refractivity contribution in [3.8, 4) is 0 Å². The average Bonchev–Trinajstić information content (AvgIpc) is 2.59. The van der Waals surface area contributed by atoms with Crippen molar-refractivity contribution in [1.29, 1.82) is 0 Å². The summed E-state index contributed by atoms with van der Waals surface area (Å²) >= 11 is 5.14. The number of nitrogens with one attached hydrogen (secondary N) is 1. The lowest BCUT2D eigenvalue weighted by atomic mass is 10.1. The zero-order chi connectivity index (χ0) is 10.1. The number of fused-ring (bicyclic) bond motifs is 1. The van der Waals surface area contributed by atoms with Gasteiger partial charge in [0.1, 0.15) is 5.82 Å². The Hall–Kier alpha value is -0.810. The standard InChI is InChI=1S/C9H14N4S/c1-6(7(2)14)9-11-8-5-10-3-4-13(8)12-9/h6,10H,3-5H2,1-2H3. The van der Waals surface area contributed by atoms with Crippen LogP contribution in [0.15, 0.2) is 0 Å². The van der Waals surface area contributed by atoms with Crippen LogP contribution in [0.3, 0.4) is 0 Å². The van der Waals surface area contributed by atoms with E-state index < -0.39 is 0 Å². The molecule has 2 rings (SSSR count). The van der Waals surface area contributed by atoms with Crippen LogP contribution in [0.5, 0.6) is 0 Å².